The molecule has 2 heterocycles. The van der Waals surface area contributed by atoms with Gasteiger partial charge in [0, 0.05) is 4.88 Å². The maximum absolute atomic E-state index is 4.21. The molecule has 2 nitrogen and oxygen atoms in total. The number of aromatic nitrogens is 2. The van der Waals surface area contributed by atoms with Crippen LogP contribution in [0.25, 0.3) is 10.7 Å². The van der Waals surface area contributed by atoms with Crippen LogP contribution in [0.5, 0.6) is 0 Å². The molecule has 2 aromatic rings. The number of thiophene rings is 1. The van der Waals surface area contributed by atoms with Gasteiger partial charge in [0.2, 0.25) is 0 Å². The first-order chi connectivity index (χ1) is 5.75. The molecule has 2 aromatic heterocycles. The zero-order valence-corrected chi connectivity index (χ0v) is 8.87. The van der Waals surface area contributed by atoms with E-state index in [0.717, 1.165) is 10.4 Å². The standard InChI is InChI=1S/C8H7BrN2S/c1-5-2-3-6(12-5)8-10-4-7(9)11-8/h2-4H,1H3,(H,10,11). The Balaban J connectivity index is 2.43. The molecule has 0 aliphatic rings. The monoisotopic (exact) mass is 242 g/mol. The summed E-state index contributed by atoms with van der Waals surface area (Å²) in [6.07, 6.45) is 1.77. The Labute approximate surface area is 82.8 Å². The Kier molecular flexibility index (Phi) is 2.02. The summed E-state index contributed by atoms with van der Waals surface area (Å²) in [6, 6.07) is 4.17. The Hall–Kier alpha value is -0.610. The van der Waals surface area contributed by atoms with E-state index in [1.807, 2.05) is 0 Å². The maximum atomic E-state index is 4.21. The van der Waals surface area contributed by atoms with Crippen molar-refractivity contribution in [1.29, 1.82) is 0 Å². The van der Waals surface area contributed by atoms with Crippen LogP contribution in [0, 0.1) is 6.92 Å². The third-order valence-corrected chi connectivity index (χ3v) is 2.93. The Bertz CT molecular complexity index is 353. The molecule has 0 fully saturated rings. The van der Waals surface area contributed by atoms with Gasteiger partial charge in [-0.25, -0.2) is 4.98 Å². The highest BCUT2D eigenvalue weighted by Gasteiger charge is 2.03. The highest BCUT2D eigenvalue weighted by molar-refractivity contribution is 9.10. The molecule has 4 heteroatoms. The quantitative estimate of drug-likeness (QED) is 0.818. The number of aryl methyl sites for hydroxylation is 1. The predicted octanol–water partition coefficient (Wildman–Crippen LogP) is 3.21. The van der Waals surface area contributed by atoms with Crippen LogP contribution in [-0.4, -0.2) is 9.97 Å². The van der Waals surface area contributed by atoms with Gasteiger partial charge in [-0.2, -0.15) is 0 Å². The van der Waals surface area contributed by atoms with Crippen molar-refractivity contribution in [1.82, 2.24) is 9.97 Å². The summed E-state index contributed by atoms with van der Waals surface area (Å²) in [6.45, 7) is 2.09. The summed E-state index contributed by atoms with van der Waals surface area (Å²) < 4.78 is 0.920. The molecule has 2 rings (SSSR count). The minimum atomic E-state index is 0.920. The number of nitrogens with one attached hydrogen (secondary N) is 1. The fourth-order valence-electron chi connectivity index (χ4n) is 0.986. The van der Waals surface area contributed by atoms with E-state index in [-0.39, 0.29) is 0 Å². The van der Waals surface area contributed by atoms with Gasteiger partial charge >= 0.3 is 0 Å². The summed E-state index contributed by atoms with van der Waals surface area (Å²) in [4.78, 5) is 9.81. The van der Waals surface area contributed by atoms with Crippen molar-refractivity contribution >= 4 is 27.3 Å². The number of halogens is 1. The molecule has 0 atom stereocenters. The Morgan fingerprint density at radius 2 is 2.33 bits per heavy atom. The van der Waals surface area contributed by atoms with E-state index >= 15 is 0 Å². The molecular formula is C8H7BrN2S. The molecule has 0 aromatic carbocycles. The molecule has 0 radical (unpaired) electrons. The van der Waals surface area contributed by atoms with Gasteiger partial charge in [0.05, 0.1) is 11.1 Å². The number of aromatic amines is 1. The van der Waals surface area contributed by atoms with Gasteiger partial charge in [-0.1, -0.05) is 0 Å². The molecule has 0 aliphatic heterocycles. The van der Waals surface area contributed by atoms with Gasteiger partial charge in [0.15, 0.2) is 0 Å². The van der Waals surface area contributed by atoms with Crippen LogP contribution in [0.2, 0.25) is 0 Å². The number of imidazole rings is 1. The topological polar surface area (TPSA) is 28.7 Å². The van der Waals surface area contributed by atoms with Crippen LogP contribution >= 0.6 is 27.3 Å². The molecule has 0 bridgehead atoms. The van der Waals surface area contributed by atoms with Crippen molar-refractivity contribution in [2.75, 3.05) is 0 Å². The van der Waals surface area contributed by atoms with Crippen molar-refractivity contribution in [3.8, 4) is 10.7 Å². The fourth-order valence-corrected chi connectivity index (χ4v) is 2.10. The number of hydrogen-bond donors (Lipinski definition) is 1. The van der Waals surface area contributed by atoms with Crippen molar-refractivity contribution in [3.05, 3.63) is 27.8 Å². The van der Waals surface area contributed by atoms with Crippen LogP contribution in [0.3, 0.4) is 0 Å². The highest BCUT2D eigenvalue weighted by atomic mass is 79.9. The van der Waals surface area contributed by atoms with E-state index in [2.05, 4.69) is 45.0 Å². The number of rotatable bonds is 1. The lowest BCUT2D eigenvalue weighted by Gasteiger charge is -1.86. The van der Waals surface area contributed by atoms with Gasteiger partial charge in [0.25, 0.3) is 0 Å². The van der Waals surface area contributed by atoms with Crippen LogP contribution in [0.1, 0.15) is 4.88 Å². The van der Waals surface area contributed by atoms with E-state index in [1.165, 1.54) is 9.75 Å². The van der Waals surface area contributed by atoms with E-state index < -0.39 is 0 Å². The van der Waals surface area contributed by atoms with Crippen molar-refractivity contribution < 1.29 is 0 Å². The van der Waals surface area contributed by atoms with E-state index in [1.54, 1.807) is 17.5 Å². The fraction of sp³-hybridized carbons (Fsp3) is 0.125. The summed E-state index contributed by atoms with van der Waals surface area (Å²) in [5.41, 5.74) is 0. The Morgan fingerprint density at radius 3 is 2.83 bits per heavy atom. The van der Waals surface area contributed by atoms with Gasteiger partial charge in [0.1, 0.15) is 10.4 Å². The average Bonchev–Trinajstić information content (AvgIpc) is 2.58. The second-order valence-corrected chi connectivity index (χ2v) is 4.63. The molecular weight excluding hydrogens is 236 g/mol. The molecule has 0 saturated carbocycles. The van der Waals surface area contributed by atoms with Crippen molar-refractivity contribution in [2.45, 2.75) is 6.92 Å². The summed E-state index contributed by atoms with van der Waals surface area (Å²) in [5, 5.41) is 0. The lowest BCUT2D eigenvalue weighted by Crippen LogP contribution is -1.72. The van der Waals surface area contributed by atoms with E-state index in [0.29, 0.717) is 0 Å². The first kappa shape index (κ1) is 8.01. The summed E-state index contributed by atoms with van der Waals surface area (Å²) >= 11 is 5.06. The lowest BCUT2D eigenvalue weighted by atomic mass is 10.4. The SMILES string of the molecule is Cc1ccc(-c2ncc(Br)[nH]2)s1. The van der Waals surface area contributed by atoms with Crippen LogP contribution in [0.15, 0.2) is 22.9 Å². The third-order valence-electron chi connectivity index (χ3n) is 1.52. The van der Waals surface area contributed by atoms with Crippen molar-refractivity contribution in [2.24, 2.45) is 0 Å². The Morgan fingerprint density at radius 1 is 1.50 bits per heavy atom. The van der Waals surface area contributed by atoms with Gasteiger partial charge in [-0.3, -0.25) is 0 Å². The lowest BCUT2D eigenvalue weighted by molar-refractivity contribution is 1.32. The largest absolute Gasteiger partial charge is 0.332 e. The average molecular weight is 243 g/mol. The zero-order chi connectivity index (χ0) is 8.55. The number of H-pyrrole nitrogens is 1. The molecule has 62 valence electrons. The molecule has 0 unspecified atom stereocenters. The zero-order valence-electron chi connectivity index (χ0n) is 6.47. The molecule has 0 spiro atoms. The normalized spacial score (nSPS) is 10.5. The summed E-state index contributed by atoms with van der Waals surface area (Å²) in [7, 11) is 0. The number of nitrogens with zero attached hydrogens (tertiary/aromatic N) is 1. The van der Waals surface area contributed by atoms with E-state index in [9.17, 15) is 0 Å². The maximum Gasteiger partial charge on any atom is 0.148 e. The number of hydrogen-bond acceptors (Lipinski definition) is 2. The van der Waals surface area contributed by atoms with Crippen LogP contribution < -0.4 is 0 Å². The summed E-state index contributed by atoms with van der Waals surface area (Å²) in [5.74, 6) is 0.931. The van der Waals surface area contributed by atoms with Crippen LogP contribution in [0.4, 0.5) is 0 Å². The smallest absolute Gasteiger partial charge is 0.148 e. The van der Waals surface area contributed by atoms with E-state index in [4.69, 9.17) is 0 Å². The molecule has 0 amide bonds. The molecule has 0 aliphatic carbocycles. The second-order valence-electron chi connectivity index (χ2n) is 2.49. The second kappa shape index (κ2) is 3.03. The highest BCUT2D eigenvalue weighted by Crippen LogP contribution is 2.25. The minimum absolute atomic E-state index is 0.920. The van der Waals surface area contributed by atoms with Gasteiger partial charge in [-0.05, 0) is 35.0 Å². The van der Waals surface area contributed by atoms with Gasteiger partial charge in [-0.15, -0.1) is 11.3 Å². The van der Waals surface area contributed by atoms with Crippen LogP contribution in [-0.2, 0) is 0 Å². The molecule has 1 N–H and O–H groups in total. The minimum Gasteiger partial charge on any atom is -0.332 e. The first-order valence-corrected chi connectivity index (χ1v) is 5.14. The van der Waals surface area contributed by atoms with Crippen molar-refractivity contribution in [3.63, 3.8) is 0 Å². The predicted molar refractivity (Wildman–Crippen MR) is 54.3 cm³/mol. The van der Waals surface area contributed by atoms with Gasteiger partial charge < -0.3 is 4.98 Å². The molecule has 12 heavy (non-hydrogen) atoms. The molecule has 0 saturated heterocycles. The first-order valence-electron chi connectivity index (χ1n) is 3.53. The third kappa shape index (κ3) is 1.44.